The van der Waals surface area contributed by atoms with Crippen molar-refractivity contribution in [3.05, 3.63) is 112 Å². The largest absolute Gasteiger partial charge is 0.466 e. The van der Waals surface area contributed by atoms with Crippen molar-refractivity contribution in [3.8, 4) is 22.8 Å². The van der Waals surface area contributed by atoms with Gasteiger partial charge in [0.1, 0.15) is 11.5 Å². The lowest BCUT2D eigenvalue weighted by molar-refractivity contribution is -0.137. The average molecular weight is 568 g/mol. The molecule has 2 N–H and O–H groups in total. The predicted molar refractivity (Wildman–Crippen MR) is 159 cm³/mol. The minimum Gasteiger partial charge on any atom is -0.466 e. The Balaban J connectivity index is 1.38. The van der Waals surface area contributed by atoms with Crippen LogP contribution in [0.25, 0.3) is 11.3 Å². The van der Waals surface area contributed by atoms with E-state index < -0.39 is 17.9 Å². The first-order valence-electron chi connectivity index (χ1n) is 12.9. The van der Waals surface area contributed by atoms with Crippen molar-refractivity contribution in [2.75, 3.05) is 19.5 Å². The number of methoxy groups -OCH3 is 2. The molecule has 9 heteroatoms. The Hall–Kier alpha value is -4.89. The number of rotatable bonds is 8. The molecule has 5 rings (SSSR count). The minimum absolute atomic E-state index is 0.354. The molecule has 1 aliphatic rings. The van der Waals surface area contributed by atoms with Gasteiger partial charge in [-0.25, -0.2) is 14.6 Å². The quantitative estimate of drug-likeness (QED) is 0.221. The summed E-state index contributed by atoms with van der Waals surface area (Å²) in [6.45, 7) is 3.58. The summed E-state index contributed by atoms with van der Waals surface area (Å²) in [6.07, 6.45) is 0. The van der Waals surface area contributed by atoms with Gasteiger partial charge in [0.05, 0.1) is 37.0 Å². The molecule has 0 amide bonds. The molecule has 0 aliphatic carbocycles. The highest BCUT2D eigenvalue weighted by Gasteiger charge is 2.37. The molecule has 4 aromatic rings. The van der Waals surface area contributed by atoms with Gasteiger partial charge in [-0.3, -0.25) is 0 Å². The van der Waals surface area contributed by atoms with Crippen molar-refractivity contribution in [1.82, 2.24) is 10.3 Å². The number of dihydropyridines is 1. The van der Waals surface area contributed by atoms with Crippen LogP contribution in [0.4, 0.5) is 10.8 Å². The number of hydrogen-bond donors (Lipinski definition) is 2. The molecule has 0 spiro atoms. The Morgan fingerprint density at radius 1 is 0.829 bits per heavy atom. The maximum Gasteiger partial charge on any atom is 0.336 e. The normalized spacial score (nSPS) is 13.5. The minimum atomic E-state index is -0.665. The van der Waals surface area contributed by atoms with Crippen LogP contribution >= 0.6 is 11.3 Å². The van der Waals surface area contributed by atoms with Gasteiger partial charge in [-0.1, -0.05) is 30.3 Å². The van der Waals surface area contributed by atoms with Crippen LogP contribution in [0.5, 0.6) is 11.5 Å². The second kappa shape index (κ2) is 12.1. The van der Waals surface area contributed by atoms with E-state index >= 15 is 0 Å². The van der Waals surface area contributed by atoms with E-state index in [-0.39, 0.29) is 0 Å². The fourth-order valence-electron chi connectivity index (χ4n) is 4.79. The molecule has 0 saturated carbocycles. The fraction of sp³-hybridized carbons (Fsp3) is 0.156. The lowest BCUT2D eigenvalue weighted by Crippen LogP contribution is -2.32. The standard InChI is InChI=1S/C32H29N3O5S/c1-19-27(30(36)38-3)29(28(20(2)33-19)31(37)39-4)22-9-8-10-23(17-22)34-32-35-26(18-41-32)21-13-15-25(16-14-21)40-24-11-6-5-7-12-24/h5-18,29,33H,1-4H3,(H,34,35). The number of benzene rings is 3. The summed E-state index contributed by atoms with van der Waals surface area (Å²) in [5, 5.41) is 9.16. The van der Waals surface area contributed by atoms with Gasteiger partial charge in [0.15, 0.2) is 5.13 Å². The average Bonchev–Trinajstić information content (AvgIpc) is 3.45. The molecule has 3 aromatic carbocycles. The van der Waals surface area contributed by atoms with Crippen LogP contribution < -0.4 is 15.4 Å². The molecule has 0 radical (unpaired) electrons. The van der Waals surface area contributed by atoms with Crippen molar-refractivity contribution in [2.24, 2.45) is 0 Å². The van der Waals surface area contributed by atoms with Gasteiger partial charge in [0.2, 0.25) is 0 Å². The van der Waals surface area contributed by atoms with E-state index in [9.17, 15) is 9.59 Å². The summed E-state index contributed by atoms with van der Waals surface area (Å²) in [4.78, 5) is 30.4. The molecule has 2 heterocycles. The number of ether oxygens (including phenoxy) is 3. The number of carbonyl (C=O) groups excluding carboxylic acids is 2. The van der Waals surface area contributed by atoms with E-state index in [1.165, 1.54) is 25.6 Å². The van der Waals surface area contributed by atoms with E-state index in [1.807, 2.05) is 84.2 Å². The van der Waals surface area contributed by atoms with Crippen molar-refractivity contribution in [3.63, 3.8) is 0 Å². The summed E-state index contributed by atoms with van der Waals surface area (Å²) in [6, 6.07) is 25.0. The first-order valence-corrected chi connectivity index (χ1v) is 13.8. The van der Waals surface area contributed by atoms with Crippen molar-refractivity contribution < 1.29 is 23.8 Å². The number of carbonyl (C=O) groups is 2. The van der Waals surface area contributed by atoms with Crippen molar-refractivity contribution >= 4 is 34.1 Å². The highest BCUT2D eigenvalue weighted by atomic mass is 32.1. The van der Waals surface area contributed by atoms with Crippen LogP contribution in [0.1, 0.15) is 25.3 Å². The zero-order chi connectivity index (χ0) is 28.9. The van der Waals surface area contributed by atoms with Crippen LogP contribution in [0.2, 0.25) is 0 Å². The SMILES string of the molecule is COC(=O)C1=C(C)NC(C)=C(C(=O)OC)C1c1cccc(Nc2nc(-c3ccc(Oc4ccccc4)cc3)cs2)c1. The maximum absolute atomic E-state index is 12.8. The van der Waals surface area contributed by atoms with Crippen LogP contribution in [-0.4, -0.2) is 31.1 Å². The van der Waals surface area contributed by atoms with E-state index in [2.05, 4.69) is 10.6 Å². The summed E-state index contributed by atoms with van der Waals surface area (Å²) in [5.74, 6) is -0.175. The Morgan fingerprint density at radius 2 is 1.46 bits per heavy atom. The first kappa shape index (κ1) is 27.7. The van der Waals surface area contributed by atoms with Gasteiger partial charge in [-0.15, -0.1) is 11.3 Å². The van der Waals surface area contributed by atoms with Gasteiger partial charge < -0.3 is 24.8 Å². The van der Waals surface area contributed by atoms with E-state index in [0.29, 0.717) is 27.7 Å². The molecule has 1 aliphatic heterocycles. The number of aromatic nitrogens is 1. The van der Waals surface area contributed by atoms with Gasteiger partial charge in [0.25, 0.3) is 0 Å². The number of thiazole rings is 1. The highest BCUT2D eigenvalue weighted by molar-refractivity contribution is 7.14. The molecule has 0 unspecified atom stereocenters. The van der Waals surface area contributed by atoms with E-state index in [0.717, 1.165) is 34.0 Å². The topological polar surface area (TPSA) is 98.8 Å². The van der Waals surface area contributed by atoms with Gasteiger partial charge in [-0.2, -0.15) is 0 Å². The van der Waals surface area contributed by atoms with Crippen LogP contribution in [0.15, 0.2) is 107 Å². The molecule has 1 aromatic heterocycles. The third-order valence-electron chi connectivity index (χ3n) is 6.68. The molecule has 208 valence electrons. The summed E-state index contributed by atoms with van der Waals surface area (Å²) in [5.41, 5.74) is 5.24. The summed E-state index contributed by atoms with van der Waals surface area (Å²) >= 11 is 1.48. The lowest BCUT2D eigenvalue weighted by atomic mass is 9.80. The third-order valence-corrected chi connectivity index (χ3v) is 7.43. The Morgan fingerprint density at radius 3 is 2.10 bits per heavy atom. The smallest absolute Gasteiger partial charge is 0.336 e. The fourth-order valence-corrected chi connectivity index (χ4v) is 5.53. The molecule has 0 saturated heterocycles. The van der Waals surface area contributed by atoms with Crippen LogP contribution in [0, 0.1) is 0 Å². The Bertz CT molecular complexity index is 1600. The monoisotopic (exact) mass is 567 g/mol. The number of nitrogens with one attached hydrogen (secondary N) is 2. The van der Waals surface area contributed by atoms with Gasteiger partial charge >= 0.3 is 11.9 Å². The number of esters is 2. The van der Waals surface area contributed by atoms with Crippen molar-refractivity contribution in [1.29, 1.82) is 0 Å². The highest BCUT2D eigenvalue weighted by Crippen LogP contribution is 2.40. The molecule has 0 atom stereocenters. The maximum atomic E-state index is 12.8. The summed E-state index contributed by atoms with van der Waals surface area (Å²) < 4.78 is 16.0. The summed E-state index contributed by atoms with van der Waals surface area (Å²) in [7, 11) is 2.65. The number of anilines is 2. The molecular formula is C32H29N3O5S. The molecule has 0 fully saturated rings. The third kappa shape index (κ3) is 6.00. The second-order valence-electron chi connectivity index (χ2n) is 9.35. The van der Waals surface area contributed by atoms with E-state index in [4.69, 9.17) is 19.2 Å². The number of hydrogen-bond acceptors (Lipinski definition) is 9. The van der Waals surface area contributed by atoms with Crippen LogP contribution in [0.3, 0.4) is 0 Å². The van der Waals surface area contributed by atoms with Crippen LogP contribution in [-0.2, 0) is 19.1 Å². The first-order chi connectivity index (χ1) is 19.9. The Labute approximate surface area is 242 Å². The van der Waals surface area contributed by atoms with E-state index in [1.54, 1.807) is 13.8 Å². The predicted octanol–water partition coefficient (Wildman–Crippen LogP) is 6.93. The van der Waals surface area contributed by atoms with Gasteiger partial charge in [0, 0.05) is 28.0 Å². The molecule has 41 heavy (non-hydrogen) atoms. The number of para-hydroxylation sites is 1. The molecule has 8 nitrogen and oxygen atoms in total. The zero-order valence-corrected chi connectivity index (χ0v) is 23.9. The molecule has 0 bridgehead atoms. The number of nitrogens with zero attached hydrogens (tertiary/aromatic N) is 1. The second-order valence-corrected chi connectivity index (χ2v) is 10.2. The zero-order valence-electron chi connectivity index (χ0n) is 23.1. The molecular weight excluding hydrogens is 538 g/mol. The Kier molecular flexibility index (Phi) is 8.16. The number of allylic oxidation sites excluding steroid dienone is 2. The van der Waals surface area contributed by atoms with Gasteiger partial charge in [-0.05, 0) is 67.9 Å². The van der Waals surface area contributed by atoms with Crippen molar-refractivity contribution in [2.45, 2.75) is 19.8 Å². The lowest BCUT2D eigenvalue weighted by Gasteiger charge is -2.30.